The van der Waals surface area contributed by atoms with Crippen molar-refractivity contribution < 1.29 is 17.6 Å². The van der Waals surface area contributed by atoms with Crippen molar-refractivity contribution in [2.24, 2.45) is 0 Å². The summed E-state index contributed by atoms with van der Waals surface area (Å²) in [7, 11) is 0. The largest absolute Gasteiger partial charge is 0.416 e. The summed E-state index contributed by atoms with van der Waals surface area (Å²) in [5.41, 5.74) is 4.57. The van der Waals surface area contributed by atoms with Gasteiger partial charge in [0.2, 0.25) is 0 Å². The lowest BCUT2D eigenvalue weighted by Crippen LogP contribution is -2.11. The second-order valence-electron chi connectivity index (χ2n) is 3.45. The molecule has 5 nitrogen and oxygen atoms in total. The number of nitrogen functional groups attached to an aromatic ring is 1. The number of nitrogens with one attached hydrogen (secondary N) is 1. The molecule has 0 amide bonds. The number of halogens is 3. The first-order chi connectivity index (χ1) is 8.47. The van der Waals surface area contributed by atoms with Crippen LogP contribution in [-0.2, 0) is 12.7 Å². The summed E-state index contributed by atoms with van der Waals surface area (Å²) >= 11 is 0. The Balaban J connectivity index is 2.14. The minimum absolute atomic E-state index is 0.0236. The lowest BCUT2D eigenvalue weighted by molar-refractivity contribution is -0.138. The average Bonchev–Trinajstić information content (AvgIpc) is 2.72. The van der Waals surface area contributed by atoms with Crippen molar-refractivity contribution in [2.75, 3.05) is 11.1 Å². The molecule has 0 aliphatic carbocycles. The molecular weight excluding hydrogens is 249 g/mol. The van der Waals surface area contributed by atoms with Crippen LogP contribution < -0.4 is 11.1 Å². The maximum atomic E-state index is 12.7. The molecule has 0 saturated heterocycles. The highest BCUT2D eigenvalue weighted by atomic mass is 19.4. The number of rotatable bonds is 3. The number of aromatic nitrogens is 2. The van der Waals surface area contributed by atoms with Gasteiger partial charge in [0.15, 0.2) is 0 Å². The summed E-state index contributed by atoms with van der Waals surface area (Å²) in [6, 6.07) is 5.06. The molecule has 0 spiro atoms. The normalized spacial score (nSPS) is 11.5. The smallest absolute Gasteiger partial charge is 0.390 e. The Morgan fingerprint density at radius 3 is 2.56 bits per heavy atom. The van der Waals surface area contributed by atoms with Crippen LogP contribution in [0.5, 0.6) is 0 Å². The molecule has 0 aliphatic heterocycles. The van der Waals surface area contributed by atoms with E-state index in [0.29, 0.717) is 0 Å². The van der Waals surface area contributed by atoms with Crippen molar-refractivity contribution in [1.82, 2.24) is 10.2 Å². The first-order valence-corrected chi connectivity index (χ1v) is 4.95. The Kier molecular flexibility index (Phi) is 3.09. The van der Waals surface area contributed by atoms with Gasteiger partial charge in [-0.1, -0.05) is 28.4 Å². The number of hydrogen-bond acceptors (Lipinski definition) is 5. The van der Waals surface area contributed by atoms with Crippen molar-refractivity contribution in [3.63, 3.8) is 0 Å². The molecule has 2 rings (SSSR count). The van der Waals surface area contributed by atoms with E-state index in [4.69, 9.17) is 10.2 Å². The summed E-state index contributed by atoms with van der Waals surface area (Å²) in [4.78, 5) is 0. The average molecular weight is 258 g/mol. The van der Waals surface area contributed by atoms with Gasteiger partial charge in [0.1, 0.15) is 0 Å². The van der Waals surface area contributed by atoms with E-state index in [9.17, 15) is 13.2 Å². The van der Waals surface area contributed by atoms with Gasteiger partial charge in [0.25, 0.3) is 0 Å². The van der Waals surface area contributed by atoms with Gasteiger partial charge in [-0.25, -0.2) is 0 Å². The first-order valence-electron chi connectivity index (χ1n) is 4.95. The van der Waals surface area contributed by atoms with Crippen LogP contribution in [0.1, 0.15) is 11.1 Å². The fraction of sp³-hybridized carbons (Fsp3) is 0.200. The fourth-order valence-corrected chi connectivity index (χ4v) is 1.43. The topological polar surface area (TPSA) is 77.0 Å². The highest BCUT2D eigenvalue weighted by Gasteiger charge is 2.32. The summed E-state index contributed by atoms with van der Waals surface area (Å²) in [5, 5.41) is 9.44. The van der Waals surface area contributed by atoms with Gasteiger partial charge >= 0.3 is 18.2 Å². The van der Waals surface area contributed by atoms with E-state index in [1.165, 1.54) is 18.2 Å². The number of nitrogens with two attached hydrogens (primary N) is 1. The molecule has 2 aromatic rings. The number of benzene rings is 1. The van der Waals surface area contributed by atoms with Crippen LogP contribution in [0.25, 0.3) is 0 Å². The molecular formula is C10H9F3N4O. The minimum Gasteiger partial charge on any atom is -0.390 e. The van der Waals surface area contributed by atoms with Crippen LogP contribution in [0, 0.1) is 0 Å². The predicted molar refractivity (Wildman–Crippen MR) is 57.5 cm³/mol. The maximum absolute atomic E-state index is 12.7. The zero-order chi connectivity index (χ0) is 13.2. The van der Waals surface area contributed by atoms with E-state index in [1.807, 2.05) is 0 Å². The quantitative estimate of drug-likeness (QED) is 0.883. The molecule has 1 aromatic carbocycles. The minimum atomic E-state index is -4.40. The zero-order valence-corrected chi connectivity index (χ0v) is 9.03. The molecule has 1 heterocycles. The summed E-state index contributed by atoms with van der Waals surface area (Å²) in [6.45, 7) is -0.0860. The standard InChI is InChI=1S/C10H9F3N4O/c11-10(12,13)7-4-2-1-3-6(7)5-15-9-17-16-8(14)18-9/h1-4H,5H2,(H2,14,16)(H,15,17). The molecule has 3 N–H and O–H groups in total. The Morgan fingerprint density at radius 2 is 1.94 bits per heavy atom. The van der Waals surface area contributed by atoms with Gasteiger partial charge < -0.3 is 15.5 Å². The second kappa shape index (κ2) is 4.55. The molecule has 8 heteroatoms. The molecule has 0 unspecified atom stereocenters. The van der Waals surface area contributed by atoms with Gasteiger partial charge in [0.05, 0.1) is 5.56 Å². The third-order valence-corrected chi connectivity index (χ3v) is 2.19. The van der Waals surface area contributed by atoms with Crippen molar-refractivity contribution in [3.8, 4) is 0 Å². The van der Waals surface area contributed by atoms with E-state index in [-0.39, 0.29) is 24.1 Å². The van der Waals surface area contributed by atoms with Crippen molar-refractivity contribution >= 4 is 12.0 Å². The summed E-state index contributed by atoms with van der Waals surface area (Å²) in [6.07, 6.45) is -4.40. The molecule has 0 saturated carbocycles. The summed E-state index contributed by atoms with van der Waals surface area (Å²) < 4.78 is 42.8. The van der Waals surface area contributed by atoms with E-state index < -0.39 is 11.7 Å². The molecule has 18 heavy (non-hydrogen) atoms. The molecule has 0 fully saturated rings. The number of hydrogen-bond donors (Lipinski definition) is 2. The molecule has 0 radical (unpaired) electrons. The lowest BCUT2D eigenvalue weighted by atomic mass is 10.1. The summed E-state index contributed by atoms with van der Waals surface area (Å²) in [5.74, 6) is 0. The maximum Gasteiger partial charge on any atom is 0.416 e. The van der Waals surface area contributed by atoms with Gasteiger partial charge in [0, 0.05) is 6.54 Å². The van der Waals surface area contributed by atoms with Crippen LogP contribution in [0.3, 0.4) is 0 Å². The molecule has 1 aromatic heterocycles. The van der Waals surface area contributed by atoms with Gasteiger partial charge in [-0.3, -0.25) is 0 Å². The first kappa shape index (κ1) is 12.2. The van der Waals surface area contributed by atoms with Crippen LogP contribution in [0.4, 0.5) is 25.2 Å². The monoisotopic (exact) mass is 258 g/mol. The fourth-order valence-electron chi connectivity index (χ4n) is 1.43. The number of anilines is 2. The Morgan fingerprint density at radius 1 is 1.22 bits per heavy atom. The van der Waals surface area contributed by atoms with Crippen molar-refractivity contribution in [2.45, 2.75) is 12.7 Å². The van der Waals surface area contributed by atoms with E-state index >= 15 is 0 Å². The highest BCUT2D eigenvalue weighted by molar-refractivity contribution is 5.33. The Hall–Kier alpha value is -2.25. The van der Waals surface area contributed by atoms with Gasteiger partial charge in [-0.2, -0.15) is 13.2 Å². The third kappa shape index (κ3) is 2.70. The van der Waals surface area contributed by atoms with E-state index in [2.05, 4.69) is 15.5 Å². The van der Waals surface area contributed by atoms with Crippen LogP contribution >= 0.6 is 0 Å². The lowest BCUT2D eigenvalue weighted by Gasteiger charge is -2.12. The molecule has 96 valence electrons. The van der Waals surface area contributed by atoms with E-state index in [1.54, 1.807) is 0 Å². The van der Waals surface area contributed by atoms with Gasteiger partial charge in [-0.15, -0.1) is 0 Å². The Bertz CT molecular complexity index is 538. The van der Waals surface area contributed by atoms with Crippen LogP contribution in [-0.4, -0.2) is 10.2 Å². The zero-order valence-electron chi connectivity index (χ0n) is 9.03. The second-order valence-corrected chi connectivity index (χ2v) is 3.45. The number of alkyl halides is 3. The molecule has 0 aliphatic rings. The van der Waals surface area contributed by atoms with Crippen molar-refractivity contribution in [3.05, 3.63) is 35.4 Å². The molecule has 0 atom stereocenters. The molecule has 0 bridgehead atoms. The highest BCUT2D eigenvalue weighted by Crippen LogP contribution is 2.32. The third-order valence-electron chi connectivity index (χ3n) is 2.19. The SMILES string of the molecule is Nc1nnc(NCc2ccccc2C(F)(F)F)o1. The Labute approximate surface area is 99.8 Å². The number of nitrogens with zero attached hydrogens (tertiary/aromatic N) is 2. The van der Waals surface area contributed by atoms with Gasteiger partial charge in [-0.05, 0) is 11.6 Å². The van der Waals surface area contributed by atoms with E-state index in [0.717, 1.165) is 6.07 Å². The predicted octanol–water partition coefficient (Wildman–Crippen LogP) is 2.28. The van der Waals surface area contributed by atoms with Crippen molar-refractivity contribution in [1.29, 1.82) is 0 Å². The van der Waals surface area contributed by atoms with Crippen LogP contribution in [0.2, 0.25) is 0 Å². The van der Waals surface area contributed by atoms with Crippen LogP contribution in [0.15, 0.2) is 28.7 Å².